The molecule has 0 saturated heterocycles. The van der Waals surface area contributed by atoms with Gasteiger partial charge in [0.05, 0.1) is 0 Å². The van der Waals surface area contributed by atoms with Crippen molar-refractivity contribution in [2.75, 3.05) is 6.61 Å². The van der Waals surface area contributed by atoms with E-state index in [1.54, 1.807) is 0 Å². The molecule has 10 heavy (non-hydrogen) atoms. The van der Waals surface area contributed by atoms with E-state index in [9.17, 15) is 4.10 Å². The van der Waals surface area contributed by atoms with Crippen LogP contribution in [0.1, 0.15) is 19.8 Å². The summed E-state index contributed by atoms with van der Waals surface area (Å²) in [5, 5.41) is 9.57. The molecule has 62 valence electrons. The molecule has 0 aliphatic rings. The predicted molar refractivity (Wildman–Crippen MR) is 41.1 cm³/mol. The molecule has 0 saturated carbocycles. The van der Waals surface area contributed by atoms with Gasteiger partial charge in [-0.3, -0.25) is 0 Å². The minimum atomic E-state index is -1.58. The summed E-state index contributed by atoms with van der Waals surface area (Å²) in [4.78, 5) is 3.87. The fraction of sp³-hybridized carbons (Fsp3) is 1.00. The average molecular weight is 210 g/mol. The Morgan fingerprint density at radius 2 is 2.10 bits per heavy atom. The van der Waals surface area contributed by atoms with Crippen molar-refractivity contribution >= 4 is 15.0 Å². The van der Waals surface area contributed by atoms with Crippen molar-refractivity contribution in [2.45, 2.75) is 30.2 Å². The normalized spacial score (nSPS) is 13.5. The summed E-state index contributed by atoms with van der Waals surface area (Å²) in [7, 11) is 0. The van der Waals surface area contributed by atoms with Gasteiger partial charge >= 0.3 is 66.0 Å². The molecule has 3 nitrogen and oxygen atoms in total. The van der Waals surface area contributed by atoms with Crippen LogP contribution < -0.4 is 0 Å². The SMILES string of the molecule is CCCC[As](O)CCOO. The first-order chi connectivity index (χ1) is 4.81. The van der Waals surface area contributed by atoms with Crippen molar-refractivity contribution in [1.29, 1.82) is 0 Å². The van der Waals surface area contributed by atoms with E-state index in [4.69, 9.17) is 5.26 Å². The van der Waals surface area contributed by atoms with Gasteiger partial charge in [0.1, 0.15) is 0 Å². The number of hydrogen-bond acceptors (Lipinski definition) is 3. The molecule has 1 atom stereocenters. The van der Waals surface area contributed by atoms with E-state index in [2.05, 4.69) is 11.8 Å². The second-order valence-corrected chi connectivity index (χ2v) is 6.14. The van der Waals surface area contributed by atoms with Crippen molar-refractivity contribution in [3.8, 4) is 0 Å². The minimum absolute atomic E-state index is 0.292. The molecule has 0 bridgehead atoms. The van der Waals surface area contributed by atoms with Gasteiger partial charge in [-0.25, -0.2) is 0 Å². The van der Waals surface area contributed by atoms with Gasteiger partial charge in [-0.2, -0.15) is 0 Å². The van der Waals surface area contributed by atoms with E-state index < -0.39 is 15.0 Å². The topological polar surface area (TPSA) is 49.7 Å². The number of rotatable bonds is 6. The zero-order valence-corrected chi connectivity index (χ0v) is 8.16. The Morgan fingerprint density at radius 1 is 1.40 bits per heavy atom. The maximum atomic E-state index is 9.27. The summed E-state index contributed by atoms with van der Waals surface area (Å²) in [6.07, 6.45) is 2.23. The molecule has 0 aromatic rings. The maximum absolute atomic E-state index is 9.27. The van der Waals surface area contributed by atoms with Crippen LogP contribution in [0.5, 0.6) is 0 Å². The Labute approximate surface area is 66.6 Å². The molecule has 0 fully saturated rings. The van der Waals surface area contributed by atoms with Gasteiger partial charge in [-0.15, -0.1) is 0 Å². The molecular weight excluding hydrogens is 195 g/mol. The summed E-state index contributed by atoms with van der Waals surface area (Å²) >= 11 is -1.58. The Bertz CT molecular complexity index is 62.0. The molecule has 1 unspecified atom stereocenters. The fourth-order valence-corrected chi connectivity index (χ4v) is 3.11. The number of unbranched alkanes of at least 4 members (excludes halogenated alkanes) is 1. The summed E-state index contributed by atoms with van der Waals surface area (Å²) < 4.78 is 9.27. The summed E-state index contributed by atoms with van der Waals surface area (Å²) in [5.74, 6) is 0. The summed E-state index contributed by atoms with van der Waals surface area (Å²) in [6.45, 7) is 2.39. The van der Waals surface area contributed by atoms with Gasteiger partial charge in [-0.05, 0) is 0 Å². The quantitative estimate of drug-likeness (QED) is 0.394. The van der Waals surface area contributed by atoms with Gasteiger partial charge in [0.15, 0.2) is 0 Å². The predicted octanol–water partition coefficient (Wildman–Crippen LogP) is 1.26. The first-order valence-corrected chi connectivity index (χ1v) is 7.00. The molecule has 0 spiro atoms. The van der Waals surface area contributed by atoms with Crippen LogP contribution in [-0.4, -0.2) is 31.0 Å². The molecule has 4 heteroatoms. The average Bonchev–Trinajstić information content (AvgIpc) is 1.97. The van der Waals surface area contributed by atoms with Crippen LogP contribution in [-0.2, 0) is 4.89 Å². The molecule has 0 aromatic carbocycles. The molecule has 0 rings (SSSR count). The van der Waals surface area contributed by atoms with Crippen LogP contribution >= 0.6 is 0 Å². The zero-order chi connectivity index (χ0) is 7.82. The molecule has 0 amide bonds. The van der Waals surface area contributed by atoms with Crippen LogP contribution in [0.4, 0.5) is 0 Å². The van der Waals surface area contributed by atoms with E-state index in [1.165, 1.54) is 0 Å². The molecule has 0 radical (unpaired) electrons. The van der Waals surface area contributed by atoms with Gasteiger partial charge in [0.2, 0.25) is 0 Å². The molecule has 0 heterocycles. The van der Waals surface area contributed by atoms with Crippen molar-refractivity contribution in [3.05, 3.63) is 0 Å². The number of hydrogen-bond donors (Lipinski definition) is 2. The van der Waals surface area contributed by atoms with Gasteiger partial charge < -0.3 is 0 Å². The second-order valence-electron chi connectivity index (χ2n) is 2.14. The summed E-state index contributed by atoms with van der Waals surface area (Å²) in [5.41, 5.74) is 0. The van der Waals surface area contributed by atoms with Gasteiger partial charge in [0.25, 0.3) is 0 Å². The third-order valence-corrected chi connectivity index (χ3v) is 4.42. The van der Waals surface area contributed by atoms with Crippen LogP contribution in [0.2, 0.25) is 10.4 Å². The Hall–Kier alpha value is 0.438. The van der Waals surface area contributed by atoms with Crippen molar-refractivity contribution in [1.82, 2.24) is 0 Å². The van der Waals surface area contributed by atoms with Crippen molar-refractivity contribution in [3.63, 3.8) is 0 Å². The third kappa shape index (κ3) is 6.56. The van der Waals surface area contributed by atoms with Crippen molar-refractivity contribution < 1.29 is 14.2 Å². The molecule has 0 aliphatic heterocycles. The van der Waals surface area contributed by atoms with E-state index in [0.29, 0.717) is 11.8 Å². The Morgan fingerprint density at radius 3 is 2.60 bits per heavy atom. The Balaban J connectivity index is 3.00. The second kappa shape index (κ2) is 7.54. The first-order valence-electron chi connectivity index (χ1n) is 3.51. The third-order valence-electron chi connectivity index (χ3n) is 1.21. The van der Waals surface area contributed by atoms with Crippen LogP contribution in [0.15, 0.2) is 0 Å². The molecule has 0 aliphatic carbocycles. The summed E-state index contributed by atoms with van der Waals surface area (Å²) in [6, 6.07) is 0. The standard InChI is InChI=1S/C6H15AsO3/c1-2-3-4-7(8)5-6-10-9/h8-9H,2-6H2,1H3. The van der Waals surface area contributed by atoms with E-state index in [-0.39, 0.29) is 0 Å². The first kappa shape index (κ1) is 10.4. The van der Waals surface area contributed by atoms with Crippen LogP contribution in [0.25, 0.3) is 0 Å². The van der Waals surface area contributed by atoms with Gasteiger partial charge in [0, 0.05) is 0 Å². The monoisotopic (exact) mass is 210 g/mol. The fourth-order valence-electron chi connectivity index (χ4n) is 0.599. The van der Waals surface area contributed by atoms with Gasteiger partial charge in [-0.1, -0.05) is 0 Å². The zero-order valence-electron chi connectivity index (χ0n) is 6.29. The van der Waals surface area contributed by atoms with Crippen LogP contribution in [0, 0.1) is 0 Å². The van der Waals surface area contributed by atoms with Crippen LogP contribution in [0.3, 0.4) is 0 Å². The van der Waals surface area contributed by atoms with E-state index in [0.717, 1.165) is 18.1 Å². The van der Waals surface area contributed by atoms with E-state index in [1.807, 2.05) is 0 Å². The van der Waals surface area contributed by atoms with Crippen molar-refractivity contribution in [2.24, 2.45) is 0 Å². The molecular formula is C6H15AsO3. The Kier molecular flexibility index (Phi) is 7.88. The molecule has 0 aromatic heterocycles. The van der Waals surface area contributed by atoms with E-state index >= 15 is 0 Å². The molecule has 2 N–H and O–H groups in total.